The van der Waals surface area contributed by atoms with Gasteiger partial charge in [0.15, 0.2) is 5.60 Å². The third-order valence-corrected chi connectivity index (χ3v) is 2.89. The van der Waals surface area contributed by atoms with Gasteiger partial charge in [0.25, 0.3) is 0 Å². The minimum absolute atomic E-state index is 0.407. The quantitative estimate of drug-likeness (QED) is 0.634. The summed E-state index contributed by atoms with van der Waals surface area (Å²) < 4.78 is 5.23. The maximum absolute atomic E-state index is 11.0. The molecule has 3 unspecified atom stereocenters. The summed E-state index contributed by atoms with van der Waals surface area (Å²) >= 11 is 0. The minimum Gasteiger partial charge on any atom is -0.481 e. The maximum Gasteiger partial charge on any atom is 0.336 e. The van der Waals surface area contributed by atoms with Crippen LogP contribution in [-0.2, 0) is 14.3 Å². The summed E-state index contributed by atoms with van der Waals surface area (Å²) in [5.74, 6) is -4.33. The zero-order valence-electron chi connectivity index (χ0n) is 9.05. The van der Waals surface area contributed by atoms with E-state index in [1.807, 2.05) is 0 Å². The van der Waals surface area contributed by atoms with Crippen LogP contribution in [-0.4, -0.2) is 45.6 Å². The first-order chi connectivity index (χ1) is 7.37. The molecule has 1 aliphatic heterocycles. The zero-order valence-corrected chi connectivity index (χ0v) is 9.05. The Hall–Kier alpha value is -1.14. The van der Waals surface area contributed by atoms with Crippen molar-refractivity contribution >= 4 is 11.9 Å². The van der Waals surface area contributed by atoms with Crippen molar-refractivity contribution in [2.75, 3.05) is 6.61 Å². The van der Waals surface area contributed by atoms with Crippen molar-refractivity contribution < 1.29 is 29.6 Å². The normalized spacial score (nSPS) is 26.8. The van der Waals surface area contributed by atoms with Gasteiger partial charge in [-0.2, -0.15) is 0 Å². The number of ether oxygens (including phenoxy) is 1. The molecular formula is C10H16O6. The SMILES string of the molecule is CC(O)(C(=O)O)C(C(=O)O)C1CCCCO1. The molecule has 16 heavy (non-hydrogen) atoms. The van der Waals surface area contributed by atoms with Crippen LogP contribution in [0, 0.1) is 5.92 Å². The third-order valence-electron chi connectivity index (χ3n) is 2.89. The number of carboxylic acids is 2. The van der Waals surface area contributed by atoms with Gasteiger partial charge in [-0.25, -0.2) is 4.79 Å². The number of carbonyl (C=O) groups is 2. The summed E-state index contributed by atoms with van der Waals surface area (Å²) in [5.41, 5.74) is -2.31. The average molecular weight is 232 g/mol. The summed E-state index contributed by atoms with van der Waals surface area (Å²) in [5, 5.41) is 27.5. The molecule has 6 heteroatoms. The molecule has 1 heterocycles. The second-order valence-electron chi connectivity index (χ2n) is 4.17. The first-order valence-electron chi connectivity index (χ1n) is 5.17. The van der Waals surface area contributed by atoms with E-state index in [1.165, 1.54) is 0 Å². The standard InChI is InChI=1S/C10H16O6/c1-10(15,9(13)14)7(8(11)12)6-4-2-3-5-16-6/h6-7,15H,2-5H2,1H3,(H,11,12)(H,13,14). The van der Waals surface area contributed by atoms with Crippen LogP contribution in [0.15, 0.2) is 0 Å². The number of rotatable bonds is 4. The molecular weight excluding hydrogens is 216 g/mol. The van der Waals surface area contributed by atoms with Gasteiger partial charge in [-0.15, -0.1) is 0 Å². The molecule has 0 radical (unpaired) electrons. The summed E-state index contributed by atoms with van der Waals surface area (Å²) in [7, 11) is 0. The van der Waals surface area contributed by atoms with Gasteiger partial charge in [0.2, 0.25) is 0 Å². The topological polar surface area (TPSA) is 104 Å². The molecule has 1 fully saturated rings. The van der Waals surface area contributed by atoms with Crippen molar-refractivity contribution in [2.24, 2.45) is 5.92 Å². The summed E-state index contributed by atoms with van der Waals surface area (Å²) in [6.07, 6.45) is 1.33. The molecule has 3 N–H and O–H groups in total. The van der Waals surface area contributed by atoms with Crippen LogP contribution in [0.3, 0.4) is 0 Å². The van der Waals surface area contributed by atoms with E-state index in [9.17, 15) is 14.7 Å². The van der Waals surface area contributed by atoms with Crippen molar-refractivity contribution in [3.63, 3.8) is 0 Å². The predicted molar refractivity (Wildman–Crippen MR) is 53.0 cm³/mol. The van der Waals surface area contributed by atoms with E-state index in [0.29, 0.717) is 13.0 Å². The van der Waals surface area contributed by atoms with Crippen molar-refractivity contribution in [1.29, 1.82) is 0 Å². The number of hydrogen-bond acceptors (Lipinski definition) is 4. The van der Waals surface area contributed by atoms with Gasteiger partial charge in [0, 0.05) is 6.61 Å². The number of hydrogen-bond donors (Lipinski definition) is 3. The fourth-order valence-corrected chi connectivity index (χ4v) is 1.92. The molecule has 3 atom stereocenters. The second-order valence-corrected chi connectivity index (χ2v) is 4.17. The van der Waals surface area contributed by atoms with Gasteiger partial charge in [-0.1, -0.05) is 0 Å². The van der Waals surface area contributed by atoms with Gasteiger partial charge in [0.05, 0.1) is 6.10 Å². The molecule has 0 amide bonds. The monoisotopic (exact) mass is 232 g/mol. The van der Waals surface area contributed by atoms with Gasteiger partial charge >= 0.3 is 11.9 Å². The molecule has 0 aromatic heterocycles. The van der Waals surface area contributed by atoms with Crippen molar-refractivity contribution in [3.8, 4) is 0 Å². The highest BCUT2D eigenvalue weighted by atomic mass is 16.5. The molecule has 0 aromatic carbocycles. The Morgan fingerprint density at radius 2 is 2.00 bits per heavy atom. The molecule has 0 saturated carbocycles. The van der Waals surface area contributed by atoms with Crippen LogP contribution >= 0.6 is 0 Å². The lowest BCUT2D eigenvalue weighted by molar-refractivity contribution is -0.184. The Bertz CT molecular complexity index is 279. The van der Waals surface area contributed by atoms with Crippen LogP contribution in [0.4, 0.5) is 0 Å². The Balaban J connectivity index is 2.89. The predicted octanol–water partition coefficient (Wildman–Crippen LogP) is 0.0919. The van der Waals surface area contributed by atoms with E-state index >= 15 is 0 Å². The highest BCUT2D eigenvalue weighted by molar-refractivity contribution is 5.85. The highest BCUT2D eigenvalue weighted by Crippen LogP contribution is 2.29. The summed E-state index contributed by atoms with van der Waals surface area (Å²) in [6, 6.07) is 0. The van der Waals surface area contributed by atoms with Gasteiger partial charge < -0.3 is 20.1 Å². The third kappa shape index (κ3) is 2.51. The van der Waals surface area contributed by atoms with E-state index in [0.717, 1.165) is 19.8 Å². The molecule has 92 valence electrons. The van der Waals surface area contributed by atoms with Gasteiger partial charge in [-0.05, 0) is 26.2 Å². The molecule has 0 aromatic rings. The number of carboxylic acid groups (broad SMARTS) is 2. The smallest absolute Gasteiger partial charge is 0.336 e. The zero-order chi connectivity index (χ0) is 12.3. The second kappa shape index (κ2) is 4.80. The lowest BCUT2D eigenvalue weighted by Crippen LogP contribution is -2.53. The van der Waals surface area contributed by atoms with Crippen LogP contribution in [0.1, 0.15) is 26.2 Å². The van der Waals surface area contributed by atoms with Crippen LogP contribution in [0.5, 0.6) is 0 Å². The maximum atomic E-state index is 11.0. The van der Waals surface area contributed by atoms with Crippen molar-refractivity contribution in [1.82, 2.24) is 0 Å². The van der Waals surface area contributed by atoms with Crippen LogP contribution in [0.25, 0.3) is 0 Å². The minimum atomic E-state index is -2.31. The van der Waals surface area contributed by atoms with Crippen molar-refractivity contribution in [2.45, 2.75) is 37.9 Å². The fourth-order valence-electron chi connectivity index (χ4n) is 1.92. The van der Waals surface area contributed by atoms with E-state index in [2.05, 4.69) is 0 Å². The average Bonchev–Trinajstić information content (AvgIpc) is 2.18. The van der Waals surface area contributed by atoms with E-state index in [1.54, 1.807) is 0 Å². The van der Waals surface area contributed by atoms with Crippen molar-refractivity contribution in [3.05, 3.63) is 0 Å². The first kappa shape index (κ1) is 12.9. The van der Waals surface area contributed by atoms with Crippen LogP contribution in [0.2, 0.25) is 0 Å². The Morgan fingerprint density at radius 3 is 2.38 bits per heavy atom. The van der Waals surface area contributed by atoms with E-state index in [-0.39, 0.29) is 0 Å². The van der Waals surface area contributed by atoms with E-state index < -0.39 is 29.6 Å². The fraction of sp³-hybridized carbons (Fsp3) is 0.800. The van der Waals surface area contributed by atoms with Gasteiger partial charge in [0.1, 0.15) is 5.92 Å². The lowest BCUT2D eigenvalue weighted by Gasteiger charge is -2.34. The Morgan fingerprint density at radius 1 is 1.38 bits per heavy atom. The molecule has 1 saturated heterocycles. The molecule has 0 bridgehead atoms. The van der Waals surface area contributed by atoms with E-state index in [4.69, 9.17) is 14.9 Å². The Kier molecular flexibility index (Phi) is 3.88. The summed E-state index contributed by atoms with van der Waals surface area (Å²) in [4.78, 5) is 21.9. The van der Waals surface area contributed by atoms with Gasteiger partial charge in [-0.3, -0.25) is 4.79 Å². The molecule has 0 spiro atoms. The largest absolute Gasteiger partial charge is 0.481 e. The first-order valence-corrected chi connectivity index (χ1v) is 5.17. The molecule has 1 aliphatic rings. The summed E-state index contributed by atoms with van der Waals surface area (Å²) in [6.45, 7) is 1.40. The highest BCUT2D eigenvalue weighted by Gasteiger charge is 2.49. The van der Waals surface area contributed by atoms with Crippen LogP contribution < -0.4 is 0 Å². The lowest BCUT2D eigenvalue weighted by atomic mass is 9.82. The number of aliphatic hydroxyl groups is 1. The molecule has 0 aliphatic carbocycles. The Labute approximate surface area is 92.8 Å². The molecule has 6 nitrogen and oxygen atoms in total. The molecule has 1 rings (SSSR count). The number of aliphatic carboxylic acids is 2.